The molecule has 0 saturated heterocycles. The molecule has 1 fully saturated rings. The topological polar surface area (TPSA) is 67.4 Å². The Hall–Kier alpha value is -1.56. The molecule has 0 heterocycles. The number of rotatable bonds is 3. The first-order valence-corrected chi connectivity index (χ1v) is 9.09. The molecule has 1 aliphatic rings. The molecule has 2 N–H and O–H groups in total. The third-order valence-electron chi connectivity index (χ3n) is 3.90. The predicted octanol–water partition coefficient (Wildman–Crippen LogP) is 4.01. The van der Waals surface area contributed by atoms with E-state index in [0.29, 0.717) is 5.56 Å². The fourth-order valence-corrected chi connectivity index (χ4v) is 3.23. The van der Waals surface area contributed by atoms with Crippen molar-refractivity contribution in [2.45, 2.75) is 64.1 Å². The fourth-order valence-electron chi connectivity index (χ4n) is 2.76. The summed E-state index contributed by atoms with van der Waals surface area (Å²) in [6.45, 7) is 5.54. The molecule has 6 heteroatoms. The molecule has 132 valence electrons. The minimum atomic E-state index is -0.488. The third-order valence-corrected chi connectivity index (χ3v) is 4.59. The molecule has 1 aromatic carbocycles. The van der Waals surface area contributed by atoms with E-state index in [1.165, 1.54) is 0 Å². The van der Waals surface area contributed by atoms with Gasteiger partial charge in [0, 0.05) is 16.6 Å². The quantitative estimate of drug-likeness (QED) is 0.810. The molecule has 0 radical (unpaired) electrons. The Labute approximate surface area is 151 Å². The van der Waals surface area contributed by atoms with Crippen LogP contribution in [0.2, 0.25) is 0 Å². The summed E-state index contributed by atoms with van der Waals surface area (Å²) in [4.78, 5) is 24.1. The summed E-state index contributed by atoms with van der Waals surface area (Å²) < 4.78 is 6.07. The Morgan fingerprint density at radius 1 is 1.04 bits per heavy atom. The summed E-state index contributed by atoms with van der Waals surface area (Å²) in [7, 11) is 0. The maximum absolute atomic E-state index is 12.3. The number of ether oxygens (including phenoxy) is 1. The number of hydrogen-bond donors (Lipinski definition) is 2. The van der Waals surface area contributed by atoms with Crippen LogP contribution in [0.1, 0.15) is 56.8 Å². The van der Waals surface area contributed by atoms with Gasteiger partial charge in [0.25, 0.3) is 5.91 Å². The molecule has 2 rings (SSSR count). The van der Waals surface area contributed by atoms with Crippen LogP contribution in [0.4, 0.5) is 4.79 Å². The van der Waals surface area contributed by atoms with Crippen LogP contribution >= 0.6 is 15.9 Å². The van der Waals surface area contributed by atoms with Crippen molar-refractivity contribution in [2.75, 3.05) is 0 Å². The van der Waals surface area contributed by atoms with E-state index in [2.05, 4.69) is 26.6 Å². The summed E-state index contributed by atoms with van der Waals surface area (Å²) in [5.41, 5.74) is 0.157. The van der Waals surface area contributed by atoms with E-state index in [1.54, 1.807) is 6.07 Å². The normalized spacial score (nSPS) is 21.0. The highest BCUT2D eigenvalue weighted by atomic mass is 79.9. The zero-order valence-electron chi connectivity index (χ0n) is 14.4. The van der Waals surface area contributed by atoms with Gasteiger partial charge in [-0.05, 0) is 74.5 Å². The van der Waals surface area contributed by atoms with Gasteiger partial charge in [0.2, 0.25) is 0 Å². The maximum atomic E-state index is 12.3. The summed E-state index contributed by atoms with van der Waals surface area (Å²) in [5.74, 6) is -0.0639. The van der Waals surface area contributed by atoms with Crippen LogP contribution in [0, 0.1) is 0 Å². The Morgan fingerprint density at radius 2 is 1.58 bits per heavy atom. The Bertz CT molecular complexity index is 590. The Balaban J connectivity index is 1.78. The molecule has 0 unspecified atom stereocenters. The largest absolute Gasteiger partial charge is 0.444 e. The van der Waals surface area contributed by atoms with Gasteiger partial charge in [-0.1, -0.05) is 12.1 Å². The van der Waals surface area contributed by atoms with Crippen LogP contribution in [0.5, 0.6) is 0 Å². The van der Waals surface area contributed by atoms with Gasteiger partial charge in [0.05, 0.1) is 5.56 Å². The lowest BCUT2D eigenvalue weighted by Crippen LogP contribution is -2.45. The Kier molecular flexibility index (Phi) is 6.27. The molecule has 0 bridgehead atoms. The number of nitrogens with one attached hydrogen (secondary N) is 2. The molecule has 1 saturated carbocycles. The highest BCUT2D eigenvalue weighted by Gasteiger charge is 2.26. The van der Waals surface area contributed by atoms with Gasteiger partial charge in [0.15, 0.2) is 0 Å². The van der Waals surface area contributed by atoms with Crippen molar-refractivity contribution in [3.8, 4) is 0 Å². The van der Waals surface area contributed by atoms with Gasteiger partial charge in [0.1, 0.15) is 5.60 Å². The number of benzene rings is 1. The molecule has 2 amide bonds. The number of carbonyl (C=O) groups excluding carboxylic acids is 2. The first-order chi connectivity index (χ1) is 11.2. The zero-order valence-corrected chi connectivity index (χ0v) is 16.0. The summed E-state index contributed by atoms with van der Waals surface area (Å²) in [5, 5.41) is 5.98. The van der Waals surface area contributed by atoms with E-state index in [4.69, 9.17) is 4.74 Å². The summed E-state index contributed by atoms with van der Waals surface area (Å²) in [6.07, 6.45) is 2.98. The molecule has 24 heavy (non-hydrogen) atoms. The van der Waals surface area contributed by atoms with E-state index in [0.717, 1.165) is 30.2 Å². The predicted molar refractivity (Wildman–Crippen MR) is 97.0 cm³/mol. The van der Waals surface area contributed by atoms with Crippen LogP contribution < -0.4 is 10.6 Å². The van der Waals surface area contributed by atoms with E-state index < -0.39 is 5.60 Å². The molecule has 0 aliphatic heterocycles. The van der Waals surface area contributed by atoms with Crippen molar-refractivity contribution in [3.05, 3.63) is 34.3 Å². The summed E-state index contributed by atoms with van der Waals surface area (Å²) >= 11 is 3.40. The van der Waals surface area contributed by atoms with E-state index in [1.807, 2.05) is 39.0 Å². The number of halogens is 1. The second kappa shape index (κ2) is 8.01. The van der Waals surface area contributed by atoms with Gasteiger partial charge in [-0.3, -0.25) is 4.79 Å². The molecular weight excluding hydrogens is 372 g/mol. The second-order valence-electron chi connectivity index (χ2n) is 7.15. The minimum Gasteiger partial charge on any atom is -0.444 e. The molecule has 1 aromatic rings. The first kappa shape index (κ1) is 18.8. The minimum absolute atomic E-state index is 0.0639. The average Bonchev–Trinajstić information content (AvgIpc) is 2.47. The van der Waals surface area contributed by atoms with Crippen molar-refractivity contribution in [3.63, 3.8) is 0 Å². The molecule has 5 nitrogen and oxygen atoms in total. The Morgan fingerprint density at radius 3 is 2.12 bits per heavy atom. The standard InChI is InChI=1S/C18H25BrN2O3/c1-18(2,3)24-17(23)21-13-10-8-12(9-11-13)20-16(22)14-6-4-5-7-15(14)19/h4-7,12-13H,8-11H2,1-3H3,(H,20,22)(H,21,23). The molecular formula is C18H25BrN2O3. The van der Waals surface area contributed by atoms with E-state index in [9.17, 15) is 9.59 Å². The monoisotopic (exact) mass is 396 g/mol. The van der Waals surface area contributed by atoms with Crippen LogP contribution in [-0.2, 0) is 4.74 Å². The zero-order chi connectivity index (χ0) is 17.7. The highest BCUT2D eigenvalue weighted by Crippen LogP contribution is 2.21. The van der Waals surface area contributed by atoms with Crippen molar-refractivity contribution < 1.29 is 14.3 Å². The molecule has 0 atom stereocenters. The lowest BCUT2D eigenvalue weighted by Gasteiger charge is -2.30. The lowest BCUT2D eigenvalue weighted by molar-refractivity contribution is 0.0488. The van der Waals surface area contributed by atoms with Gasteiger partial charge in [-0.25, -0.2) is 4.79 Å². The second-order valence-corrected chi connectivity index (χ2v) is 8.00. The van der Waals surface area contributed by atoms with Gasteiger partial charge >= 0.3 is 6.09 Å². The number of hydrogen-bond acceptors (Lipinski definition) is 3. The highest BCUT2D eigenvalue weighted by molar-refractivity contribution is 9.10. The lowest BCUT2D eigenvalue weighted by atomic mass is 9.91. The molecule has 1 aliphatic carbocycles. The average molecular weight is 397 g/mol. The van der Waals surface area contributed by atoms with Crippen molar-refractivity contribution in [1.29, 1.82) is 0 Å². The van der Waals surface area contributed by atoms with Crippen LogP contribution in [-0.4, -0.2) is 29.7 Å². The van der Waals surface area contributed by atoms with Crippen molar-refractivity contribution in [1.82, 2.24) is 10.6 Å². The first-order valence-electron chi connectivity index (χ1n) is 8.29. The number of alkyl carbamates (subject to hydrolysis) is 1. The van der Waals surface area contributed by atoms with Crippen LogP contribution in [0.15, 0.2) is 28.7 Å². The third kappa shape index (κ3) is 5.82. The number of amides is 2. The van der Waals surface area contributed by atoms with Crippen molar-refractivity contribution in [2.24, 2.45) is 0 Å². The van der Waals surface area contributed by atoms with Gasteiger partial charge in [-0.15, -0.1) is 0 Å². The molecule has 0 spiro atoms. The van der Waals surface area contributed by atoms with Crippen LogP contribution in [0.25, 0.3) is 0 Å². The van der Waals surface area contributed by atoms with Gasteiger partial charge in [-0.2, -0.15) is 0 Å². The molecule has 0 aromatic heterocycles. The van der Waals surface area contributed by atoms with E-state index >= 15 is 0 Å². The summed E-state index contributed by atoms with van der Waals surface area (Å²) in [6, 6.07) is 7.64. The van der Waals surface area contributed by atoms with Crippen LogP contribution in [0.3, 0.4) is 0 Å². The SMILES string of the molecule is CC(C)(C)OC(=O)NC1CCC(NC(=O)c2ccccc2Br)CC1. The van der Waals surface area contributed by atoms with Crippen molar-refractivity contribution >= 4 is 27.9 Å². The fraction of sp³-hybridized carbons (Fsp3) is 0.556. The smallest absolute Gasteiger partial charge is 0.407 e. The van der Waals surface area contributed by atoms with E-state index in [-0.39, 0.29) is 24.1 Å². The van der Waals surface area contributed by atoms with Gasteiger partial charge < -0.3 is 15.4 Å². The maximum Gasteiger partial charge on any atom is 0.407 e. The number of carbonyl (C=O) groups is 2.